The molecule has 0 aromatic heterocycles. The third kappa shape index (κ3) is 3.14. The molecule has 3 rings (SSSR count). The fraction of sp³-hybridized carbons (Fsp3) is 0.700. The van der Waals surface area contributed by atoms with Crippen molar-refractivity contribution in [1.29, 1.82) is 0 Å². The van der Waals surface area contributed by atoms with Crippen LogP contribution in [0.4, 0.5) is 0 Å². The first kappa shape index (κ1) is 16.8. The van der Waals surface area contributed by atoms with Crippen LogP contribution < -0.4 is 0 Å². The molecule has 0 unspecified atom stereocenters. The van der Waals surface area contributed by atoms with Gasteiger partial charge < -0.3 is 14.9 Å². The molecule has 23 heavy (non-hydrogen) atoms. The van der Waals surface area contributed by atoms with Crippen LogP contribution in [0.25, 0.3) is 0 Å². The zero-order valence-electron chi connectivity index (χ0n) is 14.8. The fourth-order valence-electron chi connectivity index (χ4n) is 4.62. The summed E-state index contributed by atoms with van der Waals surface area (Å²) in [5.74, 6) is 0.736. The molecule has 0 spiro atoms. The Morgan fingerprint density at radius 2 is 1.74 bits per heavy atom. The second-order valence-electron chi connectivity index (χ2n) is 8.78. The normalized spacial score (nSPS) is 37.6. The molecule has 4 atom stereocenters. The van der Waals surface area contributed by atoms with Gasteiger partial charge in [0.25, 0.3) is 0 Å². The van der Waals surface area contributed by atoms with Gasteiger partial charge in [0.15, 0.2) is 0 Å². The lowest BCUT2D eigenvalue weighted by Gasteiger charge is -2.48. The third-order valence-corrected chi connectivity index (χ3v) is 6.01. The molecule has 2 N–H and O–H groups in total. The van der Waals surface area contributed by atoms with Crippen molar-refractivity contribution in [3.8, 4) is 5.75 Å². The van der Waals surface area contributed by atoms with Crippen LogP contribution in [0, 0.1) is 11.3 Å². The highest BCUT2D eigenvalue weighted by atomic mass is 16.5. The highest BCUT2D eigenvalue weighted by Gasteiger charge is 2.54. The first-order valence-electron chi connectivity index (χ1n) is 8.82. The van der Waals surface area contributed by atoms with E-state index >= 15 is 0 Å². The van der Waals surface area contributed by atoms with E-state index in [9.17, 15) is 10.2 Å². The lowest BCUT2D eigenvalue weighted by molar-refractivity contribution is -0.140. The quantitative estimate of drug-likeness (QED) is 0.851. The van der Waals surface area contributed by atoms with Crippen molar-refractivity contribution >= 4 is 0 Å². The Labute approximate surface area is 139 Å². The summed E-state index contributed by atoms with van der Waals surface area (Å²) in [4.78, 5) is 0. The van der Waals surface area contributed by atoms with E-state index in [4.69, 9.17) is 4.74 Å². The number of ether oxygens (including phenoxy) is 1. The van der Waals surface area contributed by atoms with Crippen LogP contribution in [0.1, 0.15) is 65.4 Å². The number of phenols is 1. The number of aliphatic hydroxyl groups is 1. The maximum Gasteiger partial charge on any atom is 0.115 e. The summed E-state index contributed by atoms with van der Waals surface area (Å²) in [5.41, 5.74) is 0.204. The van der Waals surface area contributed by atoms with Crippen LogP contribution in [-0.4, -0.2) is 21.9 Å². The van der Waals surface area contributed by atoms with Crippen LogP contribution in [0.3, 0.4) is 0 Å². The number of benzene rings is 1. The van der Waals surface area contributed by atoms with Crippen molar-refractivity contribution in [2.24, 2.45) is 11.3 Å². The van der Waals surface area contributed by atoms with E-state index in [1.54, 1.807) is 12.1 Å². The van der Waals surface area contributed by atoms with Crippen molar-refractivity contribution in [2.45, 2.75) is 77.1 Å². The summed E-state index contributed by atoms with van der Waals surface area (Å²) in [6, 6.07) is 7.05. The third-order valence-electron chi connectivity index (χ3n) is 6.01. The highest BCUT2D eigenvalue weighted by Crippen LogP contribution is 2.58. The van der Waals surface area contributed by atoms with Crippen molar-refractivity contribution in [2.75, 3.05) is 0 Å². The second kappa shape index (κ2) is 5.49. The topological polar surface area (TPSA) is 49.7 Å². The van der Waals surface area contributed by atoms with E-state index in [1.807, 2.05) is 12.1 Å². The molecule has 128 valence electrons. The molecule has 0 amide bonds. The molecule has 0 saturated heterocycles. The maximum atomic E-state index is 11.2. The summed E-state index contributed by atoms with van der Waals surface area (Å²) in [6.45, 7) is 8.72. The largest absolute Gasteiger partial charge is 0.508 e. The van der Waals surface area contributed by atoms with Gasteiger partial charge >= 0.3 is 0 Å². The molecule has 0 bridgehead atoms. The Hall–Kier alpha value is -1.06. The van der Waals surface area contributed by atoms with Gasteiger partial charge in [-0.15, -0.1) is 0 Å². The molecular weight excluding hydrogens is 288 g/mol. The average Bonchev–Trinajstić information content (AvgIpc) is 2.75. The number of phenolic OH excluding ortho intramolecular Hbond substituents is 1. The van der Waals surface area contributed by atoms with Gasteiger partial charge in [-0.25, -0.2) is 0 Å². The van der Waals surface area contributed by atoms with Gasteiger partial charge in [0.05, 0.1) is 17.3 Å². The first-order valence-corrected chi connectivity index (χ1v) is 8.82. The van der Waals surface area contributed by atoms with E-state index in [-0.39, 0.29) is 22.9 Å². The standard InChI is InChI=1S/C20H30O3/c1-18(2,3)23-17-10-7-15-13-20(22,12-11-19(15,17)4)14-5-8-16(21)9-6-14/h5-6,8-9,15,17,21-22H,7,10-13H2,1-4H3/t15-,17-,19-,20-/m0/s1. The average molecular weight is 318 g/mol. The summed E-state index contributed by atoms with van der Waals surface area (Å²) in [6.07, 6.45) is 5.03. The van der Waals surface area contributed by atoms with Gasteiger partial charge in [-0.3, -0.25) is 0 Å². The molecule has 1 aromatic rings. The highest BCUT2D eigenvalue weighted by molar-refractivity contribution is 5.31. The number of hydrogen-bond acceptors (Lipinski definition) is 3. The maximum absolute atomic E-state index is 11.2. The molecule has 0 aliphatic heterocycles. The Balaban J connectivity index is 1.79. The number of aromatic hydroxyl groups is 1. The summed E-state index contributed by atoms with van der Waals surface area (Å²) in [7, 11) is 0. The van der Waals surface area contributed by atoms with E-state index in [0.29, 0.717) is 5.92 Å². The Kier molecular flexibility index (Phi) is 4.01. The van der Waals surface area contributed by atoms with E-state index in [2.05, 4.69) is 27.7 Å². The monoisotopic (exact) mass is 318 g/mol. The molecule has 0 radical (unpaired) electrons. The summed E-state index contributed by atoms with van der Waals surface area (Å²) < 4.78 is 6.35. The number of rotatable bonds is 2. The van der Waals surface area contributed by atoms with E-state index in [0.717, 1.165) is 37.7 Å². The van der Waals surface area contributed by atoms with Gasteiger partial charge in [-0.1, -0.05) is 19.1 Å². The SMILES string of the molecule is CC(C)(C)O[C@H]1CC[C@H]2C[C@](O)(c3ccc(O)cc3)CC[C@@]21C. The minimum absolute atomic E-state index is 0.118. The van der Waals surface area contributed by atoms with Gasteiger partial charge in [-0.05, 0) is 81.9 Å². The fourth-order valence-corrected chi connectivity index (χ4v) is 4.62. The van der Waals surface area contributed by atoms with Crippen molar-refractivity contribution < 1.29 is 14.9 Å². The number of hydrogen-bond donors (Lipinski definition) is 2. The molecule has 3 nitrogen and oxygen atoms in total. The molecule has 2 aliphatic rings. The van der Waals surface area contributed by atoms with Gasteiger partial charge in [0, 0.05) is 0 Å². The Bertz CT molecular complexity index is 559. The van der Waals surface area contributed by atoms with Crippen molar-refractivity contribution in [3.63, 3.8) is 0 Å². The molecule has 3 heteroatoms. The molecule has 2 aliphatic carbocycles. The Morgan fingerprint density at radius 3 is 2.35 bits per heavy atom. The zero-order valence-corrected chi connectivity index (χ0v) is 14.8. The number of fused-ring (bicyclic) bond motifs is 1. The molecule has 2 saturated carbocycles. The van der Waals surface area contributed by atoms with Gasteiger partial charge in [-0.2, -0.15) is 0 Å². The minimum Gasteiger partial charge on any atom is -0.508 e. The predicted octanol–water partition coefficient (Wildman–Crippen LogP) is 4.36. The van der Waals surface area contributed by atoms with E-state index in [1.165, 1.54) is 0 Å². The second-order valence-corrected chi connectivity index (χ2v) is 8.78. The predicted molar refractivity (Wildman–Crippen MR) is 91.3 cm³/mol. The lowest BCUT2D eigenvalue weighted by Crippen LogP contribution is -2.46. The van der Waals surface area contributed by atoms with Crippen molar-refractivity contribution in [3.05, 3.63) is 29.8 Å². The van der Waals surface area contributed by atoms with E-state index < -0.39 is 5.60 Å². The van der Waals surface area contributed by atoms with Crippen LogP contribution >= 0.6 is 0 Å². The molecular formula is C20H30O3. The van der Waals surface area contributed by atoms with Crippen molar-refractivity contribution in [1.82, 2.24) is 0 Å². The lowest BCUT2D eigenvalue weighted by atomic mass is 9.62. The van der Waals surface area contributed by atoms with Gasteiger partial charge in [0.1, 0.15) is 5.75 Å². The summed E-state index contributed by atoms with van der Waals surface area (Å²) >= 11 is 0. The van der Waals surface area contributed by atoms with Crippen LogP contribution in [-0.2, 0) is 10.3 Å². The summed E-state index contributed by atoms with van der Waals surface area (Å²) in [5, 5.41) is 20.7. The van der Waals surface area contributed by atoms with Crippen LogP contribution in [0.15, 0.2) is 24.3 Å². The molecule has 0 heterocycles. The van der Waals surface area contributed by atoms with Crippen LogP contribution in [0.5, 0.6) is 5.75 Å². The van der Waals surface area contributed by atoms with Gasteiger partial charge in [0.2, 0.25) is 0 Å². The zero-order chi connectivity index (χ0) is 16.9. The molecule has 1 aromatic carbocycles. The molecule has 2 fully saturated rings. The Morgan fingerprint density at radius 1 is 1.09 bits per heavy atom. The van der Waals surface area contributed by atoms with Crippen LogP contribution in [0.2, 0.25) is 0 Å². The first-order chi connectivity index (χ1) is 10.6. The minimum atomic E-state index is -0.769. The smallest absolute Gasteiger partial charge is 0.115 e.